The van der Waals surface area contributed by atoms with Gasteiger partial charge in [0.25, 0.3) is 0 Å². The summed E-state index contributed by atoms with van der Waals surface area (Å²) in [4.78, 5) is 0. The van der Waals surface area contributed by atoms with Crippen molar-refractivity contribution in [2.45, 2.75) is 6.92 Å². The van der Waals surface area contributed by atoms with Crippen molar-refractivity contribution in [3.63, 3.8) is 0 Å². The Bertz CT molecular complexity index is 660. The monoisotopic (exact) mass is 268 g/mol. The molecule has 0 unspecified atom stereocenters. The van der Waals surface area contributed by atoms with Crippen LogP contribution in [0.2, 0.25) is 0 Å². The van der Waals surface area contributed by atoms with E-state index in [1.54, 1.807) is 20.3 Å². The normalized spacial score (nSPS) is 9.70. The molecular formula is C16H16N2O2. The van der Waals surface area contributed by atoms with Gasteiger partial charge in [-0.15, -0.1) is 0 Å². The highest BCUT2D eigenvalue weighted by Crippen LogP contribution is 2.32. The summed E-state index contributed by atoms with van der Waals surface area (Å²) in [5.41, 5.74) is 3.27. The molecule has 1 N–H and O–H groups in total. The molecule has 0 bridgehead atoms. The van der Waals surface area contributed by atoms with Gasteiger partial charge in [-0.2, -0.15) is 5.26 Å². The largest absolute Gasteiger partial charge is 0.493 e. The van der Waals surface area contributed by atoms with Crippen LogP contribution in [-0.4, -0.2) is 14.2 Å². The topological polar surface area (TPSA) is 54.3 Å². The minimum absolute atomic E-state index is 0.611. The van der Waals surface area contributed by atoms with Crippen LogP contribution in [0.3, 0.4) is 0 Å². The van der Waals surface area contributed by atoms with Crippen molar-refractivity contribution in [3.8, 4) is 17.6 Å². The molecule has 2 aromatic rings. The van der Waals surface area contributed by atoms with E-state index in [9.17, 15) is 0 Å². The number of methoxy groups -OCH3 is 2. The summed E-state index contributed by atoms with van der Waals surface area (Å²) in [6.07, 6.45) is 0. The second-order valence-electron chi connectivity index (χ2n) is 4.30. The molecule has 0 aliphatic carbocycles. The lowest BCUT2D eigenvalue weighted by molar-refractivity contribution is 0.355. The lowest BCUT2D eigenvalue weighted by atomic mass is 10.1. The fourth-order valence-electron chi connectivity index (χ4n) is 1.99. The molecule has 0 fully saturated rings. The van der Waals surface area contributed by atoms with Crippen LogP contribution in [0.25, 0.3) is 0 Å². The zero-order chi connectivity index (χ0) is 14.5. The molecule has 4 heteroatoms. The minimum Gasteiger partial charge on any atom is -0.493 e. The Morgan fingerprint density at radius 1 is 1.05 bits per heavy atom. The fourth-order valence-corrected chi connectivity index (χ4v) is 1.99. The third kappa shape index (κ3) is 2.67. The van der Waals surface area contributed by atoms with Gasteiger partial charge in [0.1, 0.15) is 6.07 Å². The molecule has 0 spiro atoms. The standard InChI is InChI=1S/C16H16N2O2/c1-11-5-4-6-12(10-17)16(11)18-13-7-8-14(19-2)15(9-13)20-3/h4-9,18H,1-3H3. The second-order valence-corrected chi connectivity index (χ2v) is 4.30. The van der Waals surface area contributed by atoms with Gasteiger partial charge in [0.2, 0.25) is 0 Å². The van der Waals surface area contributed by atoms with Gasteiger partial charge in [-0.3, -0.25) is 0 Å². The zero-order valence-electron chi connectivity index (χ0n) is 11.7. The number of nitriles is 1. The van der Waals surface area contributed by atoms with E-state index >= 15 is 0 Å². The number of nitrogens with one attached hydrogen (secondary N) is 1. The molecule has 0 radical (unpaired) electrons. The SMILES string of the molecule is COc1ccc(Nc2c(C)cccc2C#N)cc1OC. The van der Waals surface area contributed by atoms with Gasteiger partial charge in [0.05, 0.1) is 25.5 Å². The Kier molecular flexibility index (Phi) is 4.11. The summed E-state index contributed by atoms with van der Waals surface area (Å²) in [6.45, 7) is 1.96. The van der Waals surface area contributed by atoms with Crippen LogP contribution in [0, 0.1) is 18.3 Å². The Morgan fingerprint density at radius 3 is 2.45 bits per heavy atom. The Hall–Kier alpha value is -2.67. The molecule has 0 aliphatic rings. The fraction of sp³-hybridized carbons (Fsp3) is 0.188. The molecule has 0 saturated heterocycles. The van der Waals surface area contributed by atoms with Gasteiger partial charge in [-0.25, -0.2) is 0 Å². The molecule has 0 aliphatic heterocycles. The van der Waals surface area contributed by atoms with Crippen molar-refractivity contribution in [3.05, 3.63) is 47.5 Å². The summed E-state index contributed by atoms with van der Waals surface area (Å²) in [7, 11) is 3.19. The van der Waals surface area contributed by atoms with E-state index in [2.05, 4.69) is 11.4 Å². The van der Waals surface area contributed by atoms with Gasteiger partial charge in [0.15, 0.2) is 11.5 Å². The lowest BCUT2D eigenvalue weighted by Gasteiger charge is -2.13. The van der Waals surface area contributed by atoms with Gasteiger partial charge >= 0.3 is 0 Å². The van der Waals surface area contributed by atoms with Crippen molar-refractivity contribution < 1.29 is 9.47 Å². The first-order valence-electron chi connectivity index (χ1n) is 6.18. The van der Waals surface area contributed by atoms with Gasteiger partial charge < -0.3 is 14.8 Å². The highest BCUT2D eigenvalue weighted by Gasteiger charge is 2.08. The summed E-state index contributed by atoms with van der Waals surface area (Å²) in [5, 5.41) is 12.4. The van der Waals surface area contributed by atoms with Crippen molar-refractivity contribution in [2.75, 3.05) is 19.5 Å². The number of rotatable bonds is 4. The van der Waals surface area contributed by atoms with E-state index in [0.29, 0.717) is 17.1 Å². The predicted molar refractivity (Wildman–Crippen MR) is 78.7 cm³/mol. The van der Waals surface area contributed by atoms with Crippen LogP contribution in [0.5, 0.6) is 11.5 Å². The molecule has 102 valence electrons. The van der Waals surface area contributed by atoms with Crippen LogP contribution < -0.4 is 14.8 Å². The molecular weight excluding hydrogens is 252 g/mol. The van der Waals surface area contributed by atoms with Crippen LogP contribution >= 0.6 is 0 Å². The second kappa shape index (κ2) is 5.98. The maximum Gasteiger partial charge on any atom is 0.162 e. The first-order valence-corrected chi connectivity index (χ1v) is 6.18. The van der Waals surface area contributed by atoms with Gasteiger partial charge in [0, 0.05) is 11.8 Å². The Labute approximate surface area is 118 Å². The highest BCUT2D eigenvalue weighted by atomic mass is 16.5. The molecule has 0 saturated carbocycles. The maximum atomic E-state index is 9.17. The Balaban J connectivity index is 2.38. The summed E-state index contributed by atoms with van der Waals surface area (Å²) < 4.78 is 10.5. The van der Waals surface area contributed by atoms with Crippen molar-refractivity contribution in [1.29, 1.82) is 5.26 Å². The average molecular weight is 268 g/mol. The highest BCUT2D eigenvalue weighted by molar-refractivity contribution is 5.71. The van der Waals surface area contributed by atoms with E-state index in [0.717, 1.165) is 16.9 Å². The smallest absolute Gasteiger partial charge is 0.162 e. The molecule has 0 heterocycles. The van der Waals surface area contributed by atoms with Crippen LogP contribution in [0.4, 0.5) is 11.4 Å². The number of hydrogen-bond donors (Lipinski definition) is 1. The Morgan fingerprint density at radius 2 is 1.80 bits per heavy atom. The van der Waals surface area contributed by atoms with Crippen LogP contribution in [0.1, 0.15) is 11.1 Å². The van der Waals surface area contributed by atoms with Crippen molar-refractivity contribution in [1.82, 2.24) is 0 Å². The molecule has 2 rings (SSSR count). The first-order chi connectivity index (χ1) is 9.69. The van der Waals surface area contributed by atoms with Crippen molar-refractivity contribution >= 4 is 11.4 Å². The number of para-hydroxylation sites is 1. The maximum absolute atomic E-state index is 9.17. The third-order valence-corrected chi connectivity index (χ3v) is 3.05. The zero-order valence-corrected chi connectivity index (χ0v) is 11.7. The van der Waals surface area contributed by atoms with E-state index in [4.69, 9.17) is 14.7 Å². The van der Waals surface area contributed by atoms with E-state index < -0.39 is 0 Å². The van der Waals surface area contributed by atoms with E-state index in [1.165, 1.54) is 0 Å². The first kappa shape index (κ1) is 13.8. The third-order valence-electron chi connectivity index (χ3n) is 3.05. The van der Waals surface area contributed by atoms with E-state index in [-0.39, 0.29) is 0 Å². The molecule has 0 amide bonds. The van der Waals surface area contributed by atoms with Crippen LogP contribution in [0.15, 0.2) is 36.4 Å². The average Bonchev–Trinajstić information content (AvgIpc) is 2.49. The summed E-state index contributed by atoms with van der Waals surface area (Å²) in [5.74, 6) is 1.31. The van der Waals surface area contributed by atoms with Crippen LogP contribution in [-0.2, 0) is 0 Å². The van der Waals surface area contributed by atoms with Crippen molar-refractivity contribution in [2.24, 2.45) is 0 Å². The summed E-state index contributed by atoms with van der Waals surface area (Å²) in [6, 6.07) is 13.4. The number of nitrogens with zero attached hydrogens (tertiary/aromatic N) is 1. The number of anilines is 2. The number of aryl methyl sites for hydroxylation is 1. The number of ether oxygens (including phenoxy) is 2. The quantitative estimate of drug-likeness (QED) is 0.920. The molecule has 4 nitrogen and oxygen atoms in total. The van der Waals surface area contributed by atoms with Gasteiger partial charge in [-0.1, -0.05) is 12.1 Å². The number of benzene rings is 2. The molecule has 20 heavy (non-hydrogen) atoms. The number of hydrogen-bond acceptors (Lipinski definition) is 4. The molecule has 2 aromatic carbocycles. The van der Waals surface area contributed by atoms with Gasteiger partial charge in [-0.05, 0) is 30.7 Å². The molecule has 0 atom stereocenters. The van der Waals surface area contributed by atoms with E-state index in [1.807, 2.05) is 37.3 Å². The molecule has 0 aromatic heterocycles. The predicted octanol–water partition coefficient (Wildman–Crippen LogP) is 3.63. The lowest BCUT2D eigenvalue weighted by Crippen LogP contribution is -1.98. The minimum atomic E-state index is 0.611. The summed E-state index contributed by atoms with van der Waals surface area (Å²) >= 11 is 0.